The first kappa shape index (κ1) is 53.6. The van der Waals surface area contributed by atoms with Crippen LogP contribution in [-0.2, 0) is 27.0 Å². The van der Waals surface area contributed by atoms with E-state index in [0.29, 0.717) is 63.3 Å². The van der Waals surface area contributed by atoms with Gasteiger partial charge in [-0.1, -0.05) is 48.9 Å². The van der Waals surface area contributed by atoms with Gasteiger partial charge >= 0.3 is 6.03 Å². The first-order valence-electron chi connectivity index (χ1n) is 26.4. The number of nitrogens with two attached hydrogens (primary N) is 1. The number of likely N-dealkylation sites (tertiary alicyclic amines) is 2. The van der Waals surface area contributed by atoms with Gasteiger partial charge in [-0.15, -0.1) is 0 Å². The number of carbonyl (C=O) groups is 5. The van der Waals surface area contributed by atoms with E-state index in [-0.39, 0.29) is 93.8 Å². The molecule has 0 bridgehead atoms. The molecule has 5 heterocycles. The monoisotopic (exact) mass is 1080 g/mol. The molecule has 6 amide bonds. The summed E-state index contributed by atoms with van der Waals surface area (Å²) in [5, 5.41) is 12.4. The van der Waals surface area contributed by atoms with Crippen LogP contribution in [0.15, 0.2) is 54.6 Å². The first-order valence-corrected chi connectivity index (χ1v) is 26.8. The minimum Gasteiger partial charge on any atom is -0.481 e. The van der Waals surface area contributed by atoms with Crippen molar-refractivity contribution in [2.45, 2.75) is 88.2 Å². The SMILES string of the molecule is CNC(=O)COc1ccc(C(N)=O)c(-c2c(Cl)c(F)cc3c2C(C)C(CNC2CCC(C(=O)N4CCC(CN5CCC(c6c(F)cc7c(N8CCC(=O)NC8=O)nn(C)c7c6F)CC5)CC4)CC2)(c2ccccc2)O3)c1F. The molecule has 408 valence electrons. The van der Waals surface area contributed by atoms with E-state index in [1.807, 2.05) is 42.2 Å². The van der Waals surface area contributed by atoms with Crippen molar-refractivity contribution in [3.8, 4) is 22.6 Å². The molecular weight excluding hydrogens is 1020 g/mol. The average molecular weight is 1080 g/mol. The largest absolute Gasteiger partial charge is 0.481 e. The van der Waals surface area contributed by atoms with Gasteiger partial charge in [0.05, 0.1) is 16.0 Å². The fourth-order valence-corrected chi connectivity index (χ4v) is 12.7. The van der Waals surface area contributed by atoms with Crippen molar-refractivity contribution in [2.24, 2.45) is 24.6 Å². The summed E-state index contributed by atoms with van der Waals surface area (Å²) in [4.78, 5) is 68.7. The number of urea groups is 1. The molecule has 0 radical (unpaired) electrons. The summed E-state index contributed by atoms with van der Waals surface area (Å²) in [5.41, 5.74) is 5.15. The lowest BCUT2D eigenvalue weighted by molar-refractivity contribution is -0.138. The van der Waals surface area contributed by atoms with Crippen LogP contribution in [0.2, 0.25) is 5.02 Å². The number of aryl methyl sites for hydroxylation is 1. The molecule has 5 aromatic rings. The summed E-state index contributed by atoms with van der Waals surface area (Å²) in [5.74, 6) is -5.89. The Balaban J connectivity index is 0.743. The molecule has 4 aromatic carbocycles. The molecule has 3 saturated heterocycles. The molecule has 16 nitrogen and oxygen atoms in total. The van der Waals surface area contributed by atoms with Crippen molar-refractivity contribution < 1.29 is 51.0 Å². The van der Waals surface area contributed by atoms with Crippen LogP contribution in [-0.4, -0.2) is 115 Å². The summed E-state index contributed by atoms with van der Waals surface area (Å²) in [7, 11) is 2.96. The fraction of sp³-hybridized carbons (Fsp3) is 0.464. The predicted octanol–water partition coefficient (Wildman–Crippen LogP) is 7.78. The Morgan fingerprint density at radius 2 is 1.60 bits per heavy atom. The Morgan fingerprint density at radius 1 is 0.883 bits per heavy atom. The number of ether oxygens (including phenoxy) is 2. The van der Waals surface area contributed by atoms with E-state index >= 15 is 17.6 Å². The van der Waals surface area contributed by atoms with Crippen molar-refractivity contribution in [2.75, 3.05) is 64.4 Å². The molecular formula is C56H62ClF4N9O7. The number of imide groups is 1. The number of aromatic nitrogens is 2. The van der Waals surface area contributed by atoms with Gasteiger partial charge in [0.15, 0.2) is 35.4 Å². The van der Waals surface area contributed by atoms with E-state index in [1.54, 1.807) is 7.05 Å². The smallest absolute Gasteiger partial charge is 0.329 e. The number of hydrogen-bond acceptors (Lipinski definition) is 10. The van der Waals surface area contributed by atoms with Crippen LogP contribution in [0, 0.1) is 35.1 Å². The number of anilines is 1. The molecule has 1 aromatic heterocycles. The first-order chi connectivity index (χ1) is 37.0. The number of nitrogens with one attached hydrogen (secondary N) is 3. The molecule has 10 rings (SSSR count). The number of amides is 6. The Labute approximate surface area is 447 Å². The van der Waals surface area contributed by atoms with Crippen molar-refractivity contribution in [1.82, 2.24) is 35.5 Å². The fourth-order valence-electron chi connectivity index (χ4n) is 12.4. The molecule has 4 fully saturated rings. The van der Waals surface area contributed by atoms with Crippen LogP contribution in [0.3, 0.4) is 0 Å². The van der Waals surface area contributed by atoms with Crippen LogP contribution in [0.25, 0.3) is 22.0 Å². The van der Waals surface area contributed by atoms with E-state index in [0.717, 1.165) is 37.8 Å². The zero-order valence-electron chi connectivity index (χ0n) is 43.2. The van der Waals surface area contributed by atoms with Gasteiger partial charge in [0, 0.05) is 99.4 Å². The van der Waals surface area contributed by atoms with Crippen LogP contribution >= 0.6 is 11.6 Å². The number of likely N-dealkylation sites (N-methyl/N-ethyl adjacent to an activating group) is 1. The Hall–Kier alpha value is -6.77. The molecule has 2 atom stereocenters. The molecule has 4 aliphatic heterocycles. The molecule has 1 aliphatic carbocycles. The number of nitrogens with zero attached hydrogens (tertiary/aromatic N) is 5. The van der Waals surface area contributed by atoms with Crippen LogP contribution in [0.4, 0.5) is 28.2 Å². The lowest BCUT2D eigenvalue weighted by Crippen LogP contribution is -2.49. The maximum atomic E-state index is 16.7. The molecule has 0 spiro atoms. The number of carbonyl (C=O) groups excluding carboxylic acids is 5. The normalized spacial score (nSPS) is 22.5. The molecule has 1 saturated carbocycles. The number of hydrogen-bond donors (Lipinski definition) is 4. The molecule has 5 N–H and O–H groups in total. The lowest BCUT2D eigenvalue weighted by Gasteiger charge is -2.40. The third-order valence-electron chi connectivity index (χ3n) is 16.7. The van der Waals surface area contributed by atoms with Gasteiger partial charge in [-0.05, 0) is 100 Å². The number of piperidine rings is 2. The van der Waals surface area contributed by atoms with E-state index in [1.165, 1.54) is 40.9 Å². The van der Waals surface area contributed by atoms with Crippen molar-refractivity contribution in [3.05, 3.63) is 105 Å². The summed E-state index contributed by atoms with van der Waals surface area (Å²) < 4.78 is 78.3. The minimum atomic E-state index is -1.16. The van der Waals surface area contributed by atoms with Crippen molar-refractivity contribution in [1.29, 1.82) is 0 Å². The maximum Gasteiger partial charge on any atom is 0.329 e. The second-order valence-corrected chi connectivity index (χ2v) is 21.5. The summed E-state index contributed by atoms with van der Waals surface area (Å²) in [6.07, 6.45) is 5.76. The van der Waals surface area contributed by atoms with Crippen LogP contribution < -0.4 is 36.1 Å². The Morgan fingerprint density at radius 3 is 2.27 bits per heavy atom. The van der Waals surface area contributed by atoms with Gasteiger partial charge in [0.25, 0.3) is 5.91 Å². The van der Waals surface area contributed by atoms with E-state index in [2.05, 4.69) is 25.9 Å². The second-order valence-electron chi connectivity index (χ2n) is 21.1. The average Bonchev–Trinajstić information content (AvgIpc) is 4.09. The van der Waals surface area contributed by atoms with Crippen LogP contribution in [0.1, 0.15) is 104 Å². The minimum absolute atomic E-state index is 0.0176. The standard InChI is InChI=1S/C56H62ClF4N9O7/c1-30-44-41(26-39(59)48(57)47(44)46-36(52(62)73)13-14-40(49(46)60)76-28-43(72)63-2)77-56(30,34-7-5-4-6-8-34)29-64-35-11-9-33(10-12-35)54(74)69-22-15-31(16-23-69)27-68-20-17-32(18-21-68)45-38(58)25-37-51(50(45)61)67(3)66-53(37)70-24-19-42(71)65-55(70)75/h4-8,13-14,25-26,30-33,35,64H,9-12,15-24,27-29H2,1-3H3,(H2,62,73)(H,63,72)(H,65,71,75). The molecule has 2 unspecified atom stereocenters. The zero-order chi connectivity index (χ0) is 54.4. The maximum absolute atomic E-state index is 16.7. The number of primary amides is 1. The van der Waals surface area contributed by atoms with Crippen molar-refractivity contribution in [3.63, 3.8) is 0 Å². The van der Waals surface area contributed by atoms with Gasteiger partial charge in [-0.2, -0.15) is 5.10 Å². The quantitative estimate of drug-likeness (QED) is 0.0799. The molecule has 21 heteroatoms. The van der Waals surface area contributed by atoms with Gasteiger partial charge in [0.1, 0.15) is 22.9 Å². The third-order valence-corrected chi connectivity index (χ3v) is 17.1. The lowest BCUT2D eigenvalue weighted by atomic mass is 9.77. The summed E-state index contributed by atoms with van der Waals surface area (Å²) in [6.45, 7) is 5.20. The Kier molecular flexibility index (Phi) is 15.3. The topological polar surface area (TPSA) is 193 Å². The highest BCUT2D eigenvalue weighted by Crippen LogP contribution is 2.57. The number of halogens is 5. The van der Waals surface area contributed by atoms with Crippen LogP contribution in [0.5, 0.6) is 11.5 Å². The van der Waals surface area contributed by atoms with E-state index in [9.17, 15) is 24.0 Å². The zero-order valence-corrected chi connectivity index (χ0v) is 43.9. The van der Waals surface area contributed by atoms with Gasteiger partial charge in [-0.3, -0.25) is 34.1 Å². The predicted molar refractivity (Wildman–Crippen MR) is 280 cm³/mol. The number of rotatable bonds is 14. The third kappa shape index (κ3) is 10.2. The highest BCUT2D eigenvalue weighted by molar-refractivity contribution is 6.34. The highest BCUT2D eigenvalue weighted by Gasteiger charge is 2.50. The molecule has 5 aliphatic rings. The van der Waals surface area contributed by atoms with E-state index < -0.39 is 70.2 Å². The van der Waals surface area contributed by atoms with Crippen molar-refractivity contribution >= 4 is 58.0 Å². The van der Waals surface area contributed by atoms with Gasteiger partial charge < -0.3 is 35.6 Å². The number of fused-ring (bicyclic) bond motifs is 2. The number of benzene rings is 4. The summed E-state index contributed by atoms with van der Waals surface area (Å²) >= 11 is 6.74. The highest BCUT2D eigenvalue weighted by atomic mass is 35.5. The van der Waals surface area contributed by atoms with E-state index in [4.69, 9.17) is 26.8 Å². The van der Waals surface area contributed by atoms with Gasteiger partial charge in [-0.25, -0.2) is 22.4 Å². The van der Waals surface area contributed by atoms with Gasteiger partial charge in [0.2, 0.25) is 17.7 Å². The second kappa shape index (κ2) is 21.9. The molecule has 77 heavy (non-hydrogen) atoms. The summed E-state index contributed by atoms with van der Waals surface area (Å²) in [6, 6.07) is 13.6. The Bertz CT molecular complexity index is 3140.